The molecule has 7 heteroatoms. The summed E-state index contributed by atoms with van der Waals surface area (Å²) in [4.78, 5) is 17.2. The van der Waals surface area contributed by atoms with Gasteiger partial charge < -0.3 is 14.5 Å². The Morgan fingerprint density at radius 3 is 2.44 bits per heavy atom. The van der Waals surface area contributed by atoms with Gasteiger partial charge in [0.2, 0.25) is 5.91 Å². The number of fused-ring (bicyclic) bond motifs is 1. The van der Waals surface area contributed by atoms with E-state index in [9.17, 15) is 18.0 Å². The molecule has 0 aromatic heterocycles. The molecule has 2 atom stereocenters. The number of anilines is 1. The second-order valence-electron chi connectivity index (χ2n) is 8.23. The fourth-order valence-electron chi connectivity index (χ4n) is 4.15. The van der Waals surface area contributed by atoms with Crippen LogP contribution in [0.2, 0.25) is 0 Å². The molecule has 0 saturated heterocycles. The lowest BCUT2D eigenvalue weighted by atomic mass is 9.80. The third-order valence-electron chi connectivity index (χ3n) is 5.86. The van der Waals surface area contributed by atoms with Gasteiger partial charge in [-0.15, -0.1) is 12.3 Å². The van der Waals surface area contributed by atoms with Crippen LogP contribution in [-0.2, 0) is 17.4 Å². The van der Waals surface area contributed by atoms with Crippen molar-refractivity contribution in [3.63, 3.8) is 0 Å². The number of rotatable bonds is 6. The molecule has 0 aliphatic carbocycles. The van der Waals surface area contributed by atoms with Crippen LogP contribution in [0.15, 0.2) is 42.5 Å². The Bertz CT molecular complexity index is 994. The molecular formula is C25H27F3N2O2. The summed E-state index contributed by atoms with van der Waals surface area (Å²) in [5.74, 6) is 2.21. The maximum Gasteiger partial charge on any atom is 0.416 e. The fraction of sp³-hybridized carbons (Fsp3) is 0.400. The highest BCUT2D eigenvalue weighted by Gasteiger charge is 2.39. The van der Waals surface area contributed by atoms with Crippen LogP contribution in [0, 0.1) is 18.3 Å². The second-order valence-corrected chi connectivity index (χ2v) is 8.23. The monoisotopic (exact) mass is 444 g/mol. The molecular weight excluding hydrogens is 417 g/mol. The van der Waals surface area contributed by atoms with Gasteiger partial charge in [-0.1, -0.05) is 12.1 Å². The lowest BCUT2D eigenvalue weighted by Gasteiger charge is -2.28. The average molecular weight is 444 g/mol. The summed E-state index contributed by atoms with van der Waals surface area (Å²) in [6.45, 7) is 0.933. The molecule has 0 radical (unpaired) electrons. The van der Waals surface area contributed by atoms with Crippen LogP contribution < -0.4 is 9.64 Å². The summed E-state index contributed by atoms with van der Waals surface area (Å²) >= 11 is 0. The summed E-state index contributed by atoms with van der Waals surface area (Å²) in [5.41, 5.74) is 1.13. The number of nitrogens with zero attached hydrogens (tertiary/aromatic N) is 2. The van der Waals surface area contributed by atoms with E-state index in [2.05, 4.69) is 5.92 Å². The van der Waals surface area contributed by atoms with Crippen molar-refractivity contribution in [1.29, 1.82) is 0 Å². The zero-order valence-electron chi connectivity index (χ0n) is 18.4. The van der Waals surface area contributed by atoms with Crippen molar-refractivity contribution in [2.24, 2.45) is 5.92 Å². The van der Waals surface area contributed by atoms with Crippen LogP contribution in [0.3, 0.4) is 0 Å². The topological polar surface area (TPSA) is 32.8 Å². The molecule has 1 heterocycles. The van der Waals surface area contributed by atoms with Gasteiger partial charge in [-0.05, 0) is 62.0 Å². The van der Waals surface area contributed by atoms with E-state index in [1.165, 1.54) is 12.1 Å². The number of hydrogen-bond donors (Lipinski definition) is 0. The molecule has 0 spiro atoms. The van der Waals surface area contributed by atoms with Gasteiger partial charge in [0, 0.05) is 31.1 Å². The van der Waals surface area contributed by atoms with E-state index in [0.717, 1.165) is 11.6 Å². The molecule has 0 unspecified atom stereocenters. The smallest absolute Gasteiger partial charge is 0.416 e. The van der Waals surface area contributed by atoms with E-state index in [0.29, 0.717) is 30.1 Å². The summed E-state index contributed by atoms with van der Waals surface area (Å²) in [6.07, 6.45) is 1.63. The van der Waals surface area contributed by atoms with Crippen molar-refractivity contribution in [2.45, 2.75) is 24.9 Å². The summed E-state index contributed by atoms with van der Waals surface area (Å²) < 4.78 is 45.6. The minimum absolute atomic E-state index is 0.163. The first-order valence-corrected chi connectivity index (χ1v) is 10.4. The van der Waals surface area contributed by atoms with Crippen LogP contribution in [0.1, 0.15) is 29.0 Å². The molecule has 2 aromatic carbocycles. The third kappa shape index (κ3) is 5.08. The predicted molar refractivity (Wildman–Crippen MR) is 119 cm³/mol. The zero-order chi connectivity index (χ0) is 23.5. The van der Waals surface area contributed by atoms with Crippen molar-refractivity contribution >= 4 is 11.6 Å². The van der Waals surface area contributed by atoms with Gasteiger partial charge in [0.15, 0.2) is 0 Å². The average Bonchev–Trinajstić information content (AvgIpc) is 2.86. The van der Waals surface area contributed by atoms with Gasteiger partial charge in [0.1, 0.15) is 5.75 Å². The molecule has 1 aliphatic heterocycles. The van der Waals surface area contributed by atoms with Crippen molar-refractivity contribution in [3.8, 4) is 18.1 Å². The number of terminal acetylenes is 1. The van der Waals surface area contributed by atoms with E-state index >= 15 is 0 Å². The van der Waals surface area contributed by atoms with Crippen LogP contribution in [0.4, 0.5) is 18.9 Å². The van der Waals surface area contributed by atoms with Gasteiger partial charge in [0.05, 0.1) is 18.6 Å². The van der Waals surface area contributed by atoms with Crippen LogP contribution >= 0.6 is 0 Å². The first-order valence-electron chi connectivity index (χ1n) is 10.4. The molecule has 0 fully saturated rings. The fourth-order valence-corrected chi connectivity index (χ4v) is 4.15. The van der Waals surface area contributed by atoms with Crippen LogP contribution in [0.25, 0.3) is 0 Å². The molecule has 32 heavy (non-hydrogen) atoms. The summed E-state index contributed by atoms with van der Waals surface area (Å²) in [7, 11) is 5.33. The van der Waals surface area contributed by atoms with Crippen molar-refractivity contribution < 1.29 is 22.7 Å². The number of methoxy groups -OCH3 is 1. The molecule has 170 valence electrons. The Hall–Kier alpha value is -2.98. The number of likely N-dealkylation sites (N-methyl/N-ethyl adjacent to an activating group) is 1. The Morgan fingerprint density at radius 1 is 1.19 bits per heavy atom. The number of carbonyl (C=O) groups is 1. The van der Waals surface area contributed by atoms with Gasteiger partial charge in [-0.25, -0.2) is 0 Å². The standard InChI is InChI=1S/C25H27F3N2O2/c1-5-6-21-22(17-7-10-20(32-4)11-8-17)16-18-15-19(25(26,27)28)9-12-23(18)30(24(21)31)14-13-29(2)3/h1,7-12,15,21-22H,6,13-14,16H2,2-4H3/t21-,22+/m0/s1. The molecule has 0 bridgehead atoms. The van der Waals surface area contributed by atoms with Crippen molar-refractivity contribution in [2.75, 3.05) is 39.2 Å². The van der Waals surface area contributed by atoms with Gasteiger partial charge in [-0.2, -0.15) is 13.2 Å². The Kier molecular flexibility index (Phi) is 7.15. The SMILES string of the molecule is C#CC[C@@H]1C(=O)N(CCN(C)C)c2ccc(C(F)(F)F)cc2C[C@@H]1c1ccc(OC)cc1. The van der Waals surface area contributed by atoms with Crippen molar-refractivity contribution in [3.05, 3.63) is 59.2 Å². The number of carbonyl (C=O) groups excluding carboxylic acids is 1. The zero-order valence-corrected chi connectivity index (χ0v) is 18.4. The van der Waals surface area contributed by atoms with Crippen molar-refractivity contribution in [1.82, 2.24) is 4.90 Å². The number of halogens is 3. The maximum atomic E-state index is 13.7. The summed E-state index contributed by atoms with van der Waals surface area (Å²) in [5, 5.41) is 0. The van der Waals surface area contributed by atoms with Gasteiger partial charge >= 0.3 is 6.18 Å². The van der Waals surface area contributed by atoms with E-state index in [-0.39, 0.29) is 24.7 Å². The molecule has 1 aliphatic rings. The second kappa shape index (κ2) is 9.66. The third-order valence-corrected chi connectivity index (χ3v) is 5.86. The molecule has 0 N–H and O–H groups in total. The summed E-state index contributed by atoms with van der Waals surface area (Å²) in [6, 6.07) is 10.9. The highest BCUT2D eigenvalue weighted by molar-refractivity contribution is 5.97. The van der Waals surface area contributed by atoms with E-state index < -0.39 is 17.7 Å². The van der Waals surface area contributed by atoms with E-state index in [1.807, 2.05) is 31.1 Å². The Morgan fingerprint density at radius 2 is 1.88 bits per heavy atom. The molecule has 1 amide bonds. The quantitative estimate of drug-likeness (QED) is 0.611. The number of ether oxygens (including phenoxy) is 1. The minimum atomic E-state index is -4.46. The largest absolute Gasteiger partial charge is 0.497 e. The van der Waals surface area contributed by atoms with Gasteiger partial charge in [0.25, 0.3) is 0 Å². The normalized spacial score (nSPS) is 18.8. The lowest BCUT2D eigenvalue weighted by molar-refractivity contribution is -0.137. The Balaban J connectivity index is 2.14. The molecule has 2 aromatic rings. The molecule has 0 saturated carbocycles. The number of amides is 1. The maximum absolute atomic E-state index is 13.7. The first-order chi connectivity index (χ1) is 15.2. The van der Waals surface area contributed by atoms with Crippen LogP contribution in [-0.4, -0.2) is 45.1 Å². The predicted octanol–water partition coefficient (Wildman–Crippen LogP) is 4.59. The van der Waals surface area contributed by atoms with Gasteiger partial charge in [-0.3, -0.25) is 4.79 Å². The first kappa shape index (κ1) is 23.7. The van der Waals surface area contributed by atoms with Crippen LogP contribution in [0.5, 0.6) is 5.75 Å². The number of alkyl halides is 3. The molecule has 4 nitrogen and oxygen atoms in total. The Labute approximate surface area is 187 Å². The van der Waals surface area contributed by atoms with E-state index in [1.54, 1.807) is 24.1 Å². The minimum Gasteiger partial charge on any atom is -0.497 e. The number of benzene rings is 2. The highest BCUT2D eigenvalue weighted by atomic mass is 19.4. The lowest BCUT2D eigenvalue weighted by Crippen LogP contribution is -2.41. The highest BCUT2D eigenvalue weighted by Crippen LogP contribution is 2.42. The number of hydrogen-bond acceptors (Lipinski definition) is 3. The molecule has 3 rings (SSSR count). The van der Waals surface area contributed by atoms with E-state index in [4.69, 9.17) is 11.2 Å².